The lowest BCUT2D eigenvalue weighted by Gasteiger charge is -2.21. The predicted molar refractivity (Wildman–Crippen MR) is 109 cm³/mol. The highest BCUT2D eigenvalue weighted by atomic mass is 19.1. The van der Waals surface area contributed by atoms with Gasteiger partial charge in [-0.15, -0.1) is 0 Å². The fraction of sp³-hybridized carbons (Fsp3) is 0.348. The highest BCUT2D eigenvalue weighted by Crippen LogP contribution is 2.41. The lowest BCUT2D eigenvalue weighted by molar-refractivity contribution is -0.148. The lowest BCUT2D eigenvalue weighted by atomic mass is 9.85. The molecule has 1 aliphatic heterocycles. The van der Waals surface area contributed by atoms with Crippen molar-refractivity contribution in [1.82, 2.24) is 9.55 Å². The van der Waals surface area contributed by atoms with Crippen LogP contribution in [0.4, 0.5) is 4.39 Å². The van der Waals surface area contributed by atoms with Gasteiger partial charge in [0.2, 0.25) is 0 Å². The van der Waals surface area contributed by atoms with Gasteiger partial charge in [-0.25, -0.2) is 14.2 Å². The number of aryl methyl sites for hydroxylation is 3. The molecule has 0 amide bonds. The van der Waals surface area contributed by atoms with Crippen molar-refractivity contribution in [2.45, 2.75) is 46.3 Å². The number of aliphatic hydroxyl groups excluding tert-OH is 1. The Balaban J connectivity index is 1.70. The Morgan fingerprint density at radius 3 is 2.77 bits per heavy atom. The van der Waals surface area contributed by atoms with Gasteiger partial charge in [0.15, 0.2) is 0 Å². The van der Waals surface area contributed by atoms with Gasteiger partial charge in [-0.05, 0) is 61.4 Å². The Hall–Kier alpha value is -3.06. The number of carbonyl (C=O) groups excluding carboxylic acids is 1. The summed E-state index contributed by atoms with van der Waals surface area (Å²) in [6, 6.07) is 3.37. The van der Waals surface area contributed by atoms with Crippen molar-refractivity contribution in [2.24, 2.45) is 0 Å². The minimum atomic E-state index is -0.773. The molecule has 30 heavy (non-hydrogen) atoms. The number of hydrogen-bond donors (Lipinski definition) is 1. The molecular weight excluding hydrogens is 387 g/mol. The zero-order valence-corrected chi connectivity index (χ0v) is 16.8. The molecule has 0 atom stereocenters. The van der Waals surface area contributed by atoms with E-state index < -0.39 is 12.6 Å². The summed E-state index contributed by atoms with van der Waals surface area (Å²) in [6.07, 6.45) is 2.65. The van der Waals surface area contributed by atoms with Gasteiger partial charge in [-0.3, -0.25) is 4.79 Å². The monoisotopic (exact) mass is 408 g/mol. The van der Waals surface area contributed by atoms with Gasteiger partial charge in [0, 0.05) is 17.0 Å². The summed E-state index contributed by atoms with van der Waals surface area (Å²) in [6.45, 7) is 3.09. The molecule has 1 N–H and O–H groups in total. The third-order valence-corrected chi connectivity index (χ3v) is 6.36. The molecule has 2 aromatic heterocycles. The number of benzene rings is 1. The zero-order valence-electron chi connectivity index (χ0n) is 16.8. The maximum atomic E-state index is 14.5. The molecule has 6 nitrogen and oxygen atoms in total. The van der Waals surface area contributed by atoms with Gasteiger partial charge >= 0.3 is 5.97 Å². The Labute approximate surface area is 171 Å². The van der Waals surface area contributed by atoms with Gasteiger partial charge in [-0.2, -0.15) is 0 Å². The van der Waals surface area contributed by atoms with E-state index in [2.05, 4.69) is 0 Å². The third-order valence-electron chi connectivity index (χ3n) is 6.36. The second-order valence-corrected chi connectivity index (χ2v) is 8.03. The molecule has 0 unspecified atom stereocenters. The molecule has 1 aromatic carbocycles. The van der Waals surface area contributed by atoms with E-state index in [0.717, 1.165) is 47.0 Å². The number of esters is 1. The topological polar surface area (TPSA) is 81.4 Å². The van der Waals surface area contributed by atoms with E-state index in [0.29, 0.717) is 34.4 Å². The van der Waals surface area contributed by atoms with Gasteiger partial charge in [0.05, 0.1) is 29.0 Å². The molecule has 0 saturated carbocycles. The summed E-state index contributed by atoms with van der Waals surface area (Å²) in [5, 5.41) is 9.88. The second-order valence-electron chi connectivity index (χ2n) is 8.03. The highest BCUT2D eigenvalue weighted by molar-refractivity contribution is 5.92. The SMILES string of the molecule is Cc1cc2n(c(=O)c1COC(=O)CO)Cc1c-2nc2cc(F)c(C)c3c2c1CCC3. The largest absolute Gasteiger partial charge is 0.459 e. The summed E-state index contributed by atoms with van der Waals surface area (Å²) >= 11 is 0. The summed E-state index contributed by atoms with van der Waals surface area (Å²) < 4.78 is 21.1. The zero-order chi connectivity index (χ0) is 21.2. The number of halogens is 1. The molecule has 0 fully saturated rings. The molecule has 0 spiro atoms. The molecule has 0 saturated heterocycles. The Morgan fingerprint density at radius 2 is 2.00 bits per heavy atom. The molecular formula is C23H21FN2O4. The van der Waals surface area contributed by atoms with Crippen LogP contribution in [0.25, 0.3) is 22.3 Å². The third kappa shape index (κ3) is 2.61. The normalized spacial score (nSPS) is 14.0. The van der Waals surface area contributed by atoms with Crippen LogP contribution in [0.15, 0.2) is 16.9 Å². The Morgan fingerprint density at radius 1 is 1.23 bits per heavy atom. The number of ether oxygens (including phenoxy) is 1. The first-order valence-corrected chi connectivity index (χ1v) is 10.0. The number of carbonyl (C=O) groups is 1. The van der Waals surface area contributed by atoms with Crippen LogP contribution in [-0.2, 0) is 35.5 Å². The van der Waals surface area contributed by atoms with Crippen molar-refractivity contribution in [1.29, 1.82) is 0 Å². The maximum absolute atomic E-state index is 14.5. The average molecular weight is 408 g/mol. The average Bonchev–Trinajstić information content (AvgIpc) is 3.10. The first-order chi connectivity index (χ1) is 14.4. The van der Waals surface area contributed by atoms with Crippen LogP contribution in [0.1, 0.15) is 39.8 Å². The standard InChI is InChI=1S/C23H21FN2O4/c1-11-6-19-22-15(8-26(19)23(29)16(11)10-30-20(28)9-27)14-5-3-4-13-12(2)17(24)7-18(25-22)21(13)14/h6-7,27H,3-5,8-10H2,1-2H3. The number of aromatic nitrogens is 2. The Bertz CT molecular complexity index is 1310. The van der Waals surface area contributed by atoms with E-state index in [1.165, 1.54) is 6.07 Å². The number of hydrogen-bond acceptors (Lipinski definition) is 5. The Kier molecular flexibility index (Phi) is 4.25. The molecule has 7 heteroatoms. The number of fused-ring (bicyclic) bond motifs is 4. The van der Waals surface area contributed by atoms with E-state index in [4.69, 9.17) is 14.8 Å². The first-order valence-electron chi connectivity index (χ1n) is 10.0. The van der Waals surface area contributed by atoms with E-state index >= 15 is 0 Å². The van der Waals surface area contributed by atoms with Crippen LogP contribution >= 0.6 is 0 Å². The lowest BCUT2D eigenvalue weighted by Crippen LogP contribution is -2.25. The van der Waals surface area contributed by atoms with Crippen LogP contribution in [-0.4, -0.2) is 27.2 Å². The molecule has 5 rings (SSSR count). The van der Waals surface area contributed by atoms with E-state index in [-0.39, 0.29) is 18.0 Å². The van der Waals surface area contributed by atoms with E-state index in [1.54, 1.807) is 11.5 Å². The van der Waals surface area contributed by atoms with Crippen molar-refractivity contribution >= 4 is 16.9 Å². The van der Waals surface area contributed by atoms with Crippen LogP contribution in [0, 0.1) is 19.7 Å². The number of pyridine rings is 2. The van der Waals surface area contributed by atoms with Crippen LogP contribution < -0.4 is 5.56 Å². The van der Waals surface area contributed by atoms with Gasteiger partial charge in [0.25, 0.3) is 5.56 Å². The van der Waals surface area contributed by atoms with Crippen molar-refractivity contribution in [3.63, 3.8) is 0 Å². The number of nitrogens with zero attached hydrogens (tertiary/aromatic N) is 2. The minimum absolute atomic E-state index is 0.183. The van der Waals surface area contributed by atoms with Gasteiger partial charge < -0.3 is 14.4 Å². The van der Waals surface area contributed by atoms with E-state index in [9.17, 15) is 14.0 Å². The molecule has 3 aromatic rings. The molecule has 0 bridgehead atoms. The molecule has 2 aliphatic rings. The van der Waals surface area contributed by atoms with Crippen LogP contribution in [0.2, 0.25) is 0 Å². The maximum Gasteiger partial charge on any atom is 0.332 e. The van der Waals surface area contributed by atoms with Crippen molar-refractivity contribution in [3.8, 4) is 11.4 Å². The molecule has 154 valence electrons. The molecule has 0 radical (unpaired) electrons. The highest BCUT2D eigenvalue weighted by Gasteiger charge is 2.30. The first kappa shape index (κ1) is 18.9. The summed E-state index contributed by atoms with van der Waals surface area (Å²) in [7, 11) is 0. The van der Waals surface area contributed by atoms with Crippen molar-refractivity contribution in [3.05, 3.63) is 61.7 Å². The van der Waals surface area contributed by atoms with Crippen LogP contribution in [0.3, 0.4) is 0 Å². The minimum Gasteiger partial charge on any atom is -0.459 e. The summed E-state index contributed by atoms with van der Waals surface area (Å²) in [5.74, 6) is -1.02. The fourth-order valence-electron chi connectivity index (χ4n) is 4.80. The summed E-state index contributed by atoms with van der Waals surface area (Å²) in [4.78, 5) is 29.2. The molecule has 3 heterocycles. The van der Waals surface area contributed by atoms with E-state index in [1.807, 2.05) is 13.0 Å². The quantitative estimate of drug-likeness (QED) is 0.527. The number of rotatable bonds is 3. The number of aliphatic hydroxyl groups is 1. The predicted octanol–water partition coefficient (Wildman–Crippen LogP) is 2.71. The van der Waals surface area contributed by atoms with Gasteiger partial charge in [-0.1, -0.05) is 0 Å². The van der Waals surface area contributed by atoms with Crippen LogP contribution in [0.5, 0.6) is 0 Å². The van der Waals surface area contributed by atoms with Gasteiger partial charge in [0.1, 0.15) is 19.0 Å². The smallest absolute Gasteiger partial charge is 0.332 e. The second kappa shape index (κ2) is 6.74. The summed E-state index contributed by atoms with van der Waals surface area (Å²) in [5.41, 5.74) is 6.81. The molecule has 1 aliphatic carbocycles. The van der Waals surface area contributed by atoms with Crippen molar-refractivity contribution in [2.75, 3.05) is 6.61 Å². The fourth-order valence-corrected chi connectivity index (χ4v) is 4.80. The van der Waals surface area contributed by atoms with Crippen molar-refractivity contribution < 1.29 is 19.0 Å².